The van der Waals surface area contributed by atoms with Gasteiger partial charge in [-0.3, -0.25) is 0 Å². The molecule has 0 radical (unpaired) electrons. The Morgan fingerprint density at radius 3 is 3.11 bits per heavy atom. The smallest absolute Gasteiger partial charge is 0.129 e. The van der Waals surface area contributed by atoms with E-state index in [4.69, 9.17) is 21.3 Å². The number of morpholine rings is 1. The van der Waals surface area contributed by atoms with E-state index in [-0.39, 0.29) is 0 Å². The summed E-state index contributed by atoms with van der Waals surface area (Å²) in [6.07, 6.45) is 5.04. The minimum Gasteiger partial charge on any atom is -0.374 e. The third kappa shape index (κ3) is 2.59. The zero-order chi connectivity index (χ0) is 13.2. The van der Waals surface area contributed by atoms with Crippen LogP contribution in [0, 0.1) is 0 Å². The fourth-order valence-corrected chi connectivity index (χ4v) is 3.40. The van der Waals surface area contributed by atoms with E-state index in [9.17, 15) is 0 Å². The van der Waals surface area contributed by atoms with Crippen molar-refractivity contribution in [2.24, 2.45) is 0 Å². The Morgan fingerprint density at radius 2 is 2.32 bits per heavy atom. The van der Waals surface area contributed by atoms with Gasteiger partial charge in [0.1, 0.15) is 5.82 Å². The first-order valence-corrected chi connectivity index (χ1v) is 7.79. The molecule has 0 aromatic carbocycles. The highest BCUT2D eigenvalue weighted by Gasteiger charge is 2.36. The Kier molecular flexibility index (Phi) is 3.94. The second-order valence-electron chi connectivity index (χ2n) is 5.41. The molecular formula is C15H21ClN2O. The van der Waals surface area contributed by atoms with Crippen molar-refractivity contribution in [1.29, 1.82) is 0 Å². The number of rotatable bonds is 3. The lowest BCUT2D eigenvalue weighted by atomic mass is 10.1. The molecule has 0 spiro atoms. The highest BCUT2D eigenvalue weighted by molar-refractivity contribution is 6.17. The predicted molar refractivity (Wildman–Crippen MR) is 77.9 cm³/mol. The van der Waals surface area contributed by atoms with Gasteiger partial charge < -0.3 is 9.64 Å². The lowest BCUT2D eigenvalue weighted by molar-refractivity contribution is 0.0253. The van der Waals surface area contributed by atoms with Crippen molar-refractivity contribution in [1.82, 2.24) is 4.98 Å². The van der Waals surface area contributed by atoms with Gasteiger partial charge in [0.05, 0.1) is 18.8 Å². The van der Waals surface area contributed by atoms with Gasteiger partial charge in [0.15, 0.2) is 0 Å². The van der Waals surface area contributed by atoms with Crippen LogP contribution in [0.25, 0.3) is 0 Å². The summed E-state index contributed by atoms with van der Waals surface area (Å²) in [5.41, 5.74) is 2.30. The van der Waals surface area contributed by atoms with Gasteiger partial charge in [0.2, 0.25) is 0 Å². The maximum absolute atomic E-state index is 6.01. The van der Waals surface area contributed by atoms with Crippen molar-refractivity contribution in [3.05, 3.63) is 23.4 Å². The molecule has 1 saturated heterocycles. The molecule has 1 aliphatic carbocycles. The number of alkyl halides is 1. The van der Waals surface area contributed by atoms with Crippen LogP contribution in [0.15, 0.2) is 12.1 Å². The standard InChI is InChI=1S/C15H21ClN2O/c1-2-12-8-11(10-16)9-15(17-12)18-6-7-19-14-5-3-4-13(14)18/h8-9,13-14H,2-7,10H2,1H3. The van der Waals surface area contributed by atoms with E-state index in [1.807, 2.05) is 0 Å². The number of halogens is 1. The van der Waals surface area contributed by atoms with E-state index in [0.717, 1.165) is 31.1 Å². The summed E-state index contributed by atoms with van der Waals surface area (Å²) in [7, 11) is 0. The summed E-state index contributed by atoms with van der Waals surface area (Å²) in [6.45, 7) is 3.90. The summed E-state index contributed by atoms with van der Waals surface area (Å²) in [4.78, 5) is 7.24. The van der Waals surface area contributed by atoms with Gasteiger partial charge in [-0.15, -0.1) is 11.6 Å². The van der Waals surface area contributed by atoms with Gasteiger partial charge in [0.25, 0.3) is 0 Å². The maximum Gasteiger partial charge on any atom is 0.129 e. The zero-order valence-corrected chi connectivity index (χ0v) is 12.2. The molecule has 0 amide bonds. The molecule has 3 nitrogen and oxygen atoms in total. The number of nitrogens with zero attached hydrogens (tertiary/aromatic N) is 2. The van der Waals surface area contributed by atoms with E-state index in [2.05, 4.69) is 24.0 Å². The van der Waals surface area contributed by atoms with Crippen LogP contribution in [0.5, 0.6) is 0 Å². The molecular weight excluding hydrogens is 260 g/mol. The van der Waals surface area contributed by atoms with Crippen molar-refractivity contribution in [3.8, 4) is 0 Å². The molecule has 4 heteroatoms. The third-order valence-corrected chi connectivity index (χ3v) is 4.53. The summed E-state index contributed by atoms with van der Waals surface area (Å²) >= 11 is 6.01. The molecule has 0 bridgehead atoms. The van der Waals surface area contributed by atoms with Crippen LogP contribution >= 0.6 is 11.6 Å². The number of anilines is 1. The lowest BCUT2D eigenvalue weighted by Crippen LogP contribution is -2.49. The fraction of sp³-hybridized carbons (Fsp3) is 0.667. The van der Waals surface area contributed by atoms with E-state index in [1.54, 1.807) is 0 Å². The normalized spacial score (nSPS) is 26.5. The van der Waals surface area contributed by atoms with Crippen LogP contribution in [0.1, 0.15) is 37.4 Å². The predicted octanol–water partition coefficient (Wildman–Crippen LogP) is 3.14. The molecule has 19 heavy (non-hydrogen) atoms. The highest BCUT2D eigenvalue weighted by Crippen LogP contribution is 2.32. The third-order valence-electron chi connectivity index (χ3n) is 4.22. The lowest BCUT2D eigenvalue weighted by Gasteiger charge is -2.38. The second-order valence-corrected chi connectivity index (χ2v) is 5.68. The van der Waals surface area contributed by atoms with Gasteiger partial charge in [-0.1, -0.05) is 6.92 Å². The maximum atomic E-state index is 6.01. The van der Waals surface area contributed by atoms with Gasteiger partial charge in [-0.25, -0.2) is 4.98 Å². The Hall–Kier alpha value is -0.800. The first-order chi connectivity index (χ1) is 9.31. The largest absolute Gasteiger partial charge is 0.374 e. The molecule has 1 aromatic heterocycles. The molecule has 1 aliphatic heterocycles. The number of hydrogen-bond acceptors (Lipinski definition) is 3. The topological polar surface area (TPSA) is 25.4 Å². The molecule has 2 aliphatic rings. The fourth-order valence-electron chi connectivity index (χ4n) is 3.25. The minimum atomic E-state index is 0.403. The van der Waals surface area contributed by atoms with Crippen LogP contribution in [0.3, 0.4) is 0 Å². The number of fused-ring (bicyclic) bond motifs is 1. The van der Waals surface area contributed by atoms with Gasteiger partial charge in [-0.05, 0) is 43.4 Å². The van der Waals surface area contributed by atoms with Crippen LogP contribution < -0.4 is 4.90 Å². The summed E-state index contributed by atoms with van der Waals surface area (Å²) in [5, 5.41) is 0. The van der Waals surface area contributed by atoms with Crippen LogP contribution in [-0.4, -0.2) is 30.3 Å². The first kappa shape index (κ1) is 13.2. The number of hydrogen-bond donors (Lipinski definition) is 0. The first-order valence-electron chi connectivity index (χ1n) is 7.26. The van der Waals surface area contributed by atoms with Crippen molar-refractivity contribution in [3.63, 3.8) is 0 Å². The van der Waals surface area contributed by atoms with Gasteiger partial charge in [-0.2, -0.15) is 0 Å². The molecule has 2 atom stereocenters. The van der Waals surface area contributed by atoms with Gasteiger partial charge in [0, 0.05) is 18.1 Å². The van der Waals surface area contributed by atoms with Crippen LogP contribution in [0.2, 0.25) is 0 Å². The van der Waals surface area contributed by atoms with E-state index >= 15 is 0 Å². The molecule has 104 valence electrons. The van der Waals surface area contributed by atoms with E-state index in [1.165, 1.54) is 24.8 Å². The summed E-state index contributed by atoms with van der Waals surface area (Å²) in [6, 6.07) is 4.77. The molecule has 2 heterocycles. The minimum absolute atomic E-state index is 0.403. The second kappa shape index (κ2) is 5.68. The Bertz CT molecular complexity index is 430. The van der Waals surface area contributed by atoms with Crippen LogP contribution in [-0.2, 0) is 17.0 Å². The monoisotopic (exact) mass is 280 g/mol. The Balaban J connectivity index is 1.91. The number of aryl methyl sites for hydroxylation is 1. The quantitative estimate of drug-likeness (QED) is 0.796. The SMILES string of the molecule is CCc1cc(CCl)cc(N2CCOC3CCCC32)n1. The Morgan fingerprint density at radius 1 is 1.42 bits per heavy atom. The molecule has 0 N–H and O–H groups in total. The van der Waals surface area contributed by atoms with Crippen molar-refractivity contribution >= 4 is 17.4 Å². The van der Waals surface area contributed by atoms with E-state index in [0.29, 0.717) is 18.0 Å². The molecule has 2 fully saturated rings. The average molecular weight is 281 g/mol. The molecule has 2 unspecified atom stereocenters. The number of ether oxygens (including phenoxy) is 1. The number of aromatic nitrogens is 1. The highest BCUT2D eigenvalue weighted by atomic mass is 35.5. The van der Waals surface area contributed by atoms with Crippen LogP contribution in [0.4, 0.5) is 5.82 Å². The molecule has 1 saturated carbocycles. The van der Waals surface area contributed by atoms with E-state index < -0.39 is 0 Å². The number of pyridine rings is 1. The van der Waals surface area contributed by atoms with Crippen molar-refractivity contribution < 1.29 is 4.74 Å². The van der Waals surface area contributed by atoms with Crippen molar-refractivity contribution in [2.75, 3.05) is 18.1 Å². The average Bonchev–Trinajstić information content (AvgIpc) is 2.94. The Labute approximate surface area is 119 Å². The van der Waals surface area contributed by atoms with Gasteiger partial charge >= 0.3 is 0 Å². The summed E-state index contributed by atoms with van der Waals surface area (Å²) < 4.78 is 5.87. The zero-order valence-electron chi connectivity index (χ0n) is 11.4. The van der Waals surface area contributed by atoms with Crippen molar-refractivity contribution in [2.45, 2.75) is 50.6 Å². The molecule has 3 rings (SSSR count). The summed E-state index contributed by atoms with van der Waals surface area (Å²) in [5.74, 6) is 1.65. The molecule has 1 aromatic rings.